The molecule has 0 radical (unpaired) electrons. The van der Waals surface area contributed by atoms with Gasteiger partial charge in [0.15, 0.2) is 0 Å². The number of rotatable bonds is 6. The minimum atomic E-state index is -0.565. The predicted octanol–water partition coefficient (Wildman–Crippen LogP) is 2.75. The third-order valence-corrected chi connectivity index (χ3v) is 4.86. The highest BCUT2D eigenvalue weighted by Gasteiger charge is 2.25. The first-order valence-electron chi connectivity index (χ1n) is 10.1. The van der Waals surface area contributed by atoms with Crippen molar-refractivity contribution in [2.45, 2.75) is 39.2 Å². The van der Waals surface area contributed by atoms with Crippen LogP contribution in [0.2, 0.25) is 0 Å². The molecule has 0 N–H and O–H groups in total. The standard InChI is InChI=1S/C22H32N2O6/c1-22(2,3)30-21(27)24-13-11-23(12-14-24)10-6-7-16-8-9-17(19(25)28-4)18(15-16)20(26)29-5/h8-9,15H,6-7,10-14H2,1-5H3. The maximum atomic E-state index is 12.1. The SMILES string of the molecule is COC(=O)c1ccc(CCCN2CCN(C(=O)OC(C)(C)C)CC2)cc1C(=O)OC. The smallest absolute Gasteiger partial charge is 0.410 e. The maximum absolute atomic E-state index is 12.1. The summed E-state index contributed by atoms with van der Waals surface area (Å²) in [6, 6.07) is 5.13. The minimum Gasteiger partial charge on any atom is -0.465 e. The number of hydrogen-bond acceptors (Lipinski definition) is 7. The maximum Gasteiger partial charge on any atom is 0.410 e. The summed E-state index contributed by atoms with van der Waals surface area (Å²) in [5.74, 6) is -1.12. The fraction of sp³-hybridized carbons (Fsp3) is 0.591. The van der Waals surface area contributed by atoms with Crippen LogP contribution < -0.4 is 0 Å². The van der Waals surface area contributed by atoms with Gasteiger partial charge in [0.05, 0.1) is 25.3 Å². The lowest BCUT2D eigenvalue weighted by atomic mass is 10.0. The Morgan fingerprint density at radius 2 is 1.53 bits per heavy atom. The quantitative estimate of drug-likeness (QED) is 0.517. The third-order valence-electron chi connectivity index (χ3n) is 4.86. The van der Waals surface area contributed by atoms with E-state index in [9.17, 15) is 14.4 Å². The van der Waals surface area contributed by atoms with E-state index < -0.39 is 17.5 Å². The molecule has 0 aliphatic carbocycles. The molecule has 1 aliphatic heterocycles. The number of carbonyl (C=O) groups excluding carboxylic acids is 3. The van der Waals surface area contributed by atoms with Crippen molar-refractivity contribution in [1.82, 2.24) is 9.80 Å². The Labute approximate surface area is 178 Å². The Hall–Kier alpha value is -2.61. The zero-order chi connectivity index (χ0) is 22.3. The van der Waals surface area contributed by atoms with E-state index >= 15 is 0 Å². The van der Waals surface area contributed by atoms with Crippen molar-refractivity contribution in [3.63, 3.8) is 0 Å². The number of amides is 1. The Bertz CT molecular complexity index is 763. The molecule has 1 amide bonds. The fourth-order valence-corrected chi connectivity index (χ4v) is 3.30. The number of esters is 2. The Morgan fingerprint density at radius 3 is 2.10 bits per heavy atom. The van der Waals surface area contributed by atoms with E-state index in [0.29, 0.717) is 13.1 Å². The van der Waals surface area contributed by atoms with E-state index in [4.69, 9.17) is 14.2 Å². The van der Waals surface area contributed by atoms with Crippen molar-refractivity contribution < 1.29 is 28.6 Å². The molecule has 0 atom stereocenters. The minimum absolute atomic E-state index is 0.200. The zero-order valence-electron chi connectivity index (χ0n) is 18.5. The highest BCUT2D eigenvalue weighted by Crippen LogP contribution is 2.17. The van der Waals surface area contributed by atoms with Gasteiger partial charge in [-0.25, -0.2) is 14.4 Å². The van der Waals surface area contributed by atoms with E-state index in [1.165, 1.54) is 14.2 Å². The summed E-state index contributed by atoms with van der Waals surface area (Å²) in [7, 11) is 2.56. The van der Waals surface area contributed by atoms with Crippen molar-refractivity contribution in [3.8, 4) is 0 Å². The van der Waals surface area contributed by atoms with Gasteiger partial charge in [-0.1, -0.05) is 6.07 Å². The van der Waals surface area contributed by atoms with Crippen molar-refractivity contribution in [1.29, 1.82) is 0 Å². The van der Waals surface area contributed by atoms with Crippen LogP contribution in [0.5, 0.6) is 0 Å². The monoisotopic (exact) mass is 420 g/mol. The summed E-state index contributed by atoms with van der Waals surface area (Å²) in [4.78, 5) is 40.1. The second-order valence-electron chi connectivity index (χ2n) is 8.28. The summed E-state index contributed by atoms with van der Waals surface area (Å²) in [5.41, 5.74) is 0.885. The fourth-order valence-electron chi connectivity index (χ4n) is 3.30. The Balaban J connectivity index is 1.85. The first-order chi connectivity index (χ1) is 14.1. The van der Waals surface area contributed by atoms with Crippen LogP contribution in [0.3, 0.4) is 0 Å². The van der Waals surface area contributed by atoms with Crippen molar-refractivity contribution in [2.75, 3.05) is 46.9 Å². The molecule has 0 aromatic heterocycles. The average Bonchev–Trinajstić information content (AvgIpc) is 2.71. The molecule has 0 spiro atoms. The number of nitrogens with zero attached hydrogens (tertiary/aromatic N) is 2. The second-order valence-corrected chi connectivity index (χ2v) is 8.28. The van der Waals surface area contributed by atoms with Gasteiger partial charge in [-0.05, 0) is 57.9 Å². The van der Waals surface area contributed by atoms with Gasteiger partial charge in [0.2, 0.25) is 0 Å². The molecule has 0 saturated carbocycles. The highest BCUT2D eigenvalue weighted by atomic mass is 16.6. The first kappa shape index (κ1) is 23.7. The summed E-state index contributed by atoms with van der Waals surface area (Å²) >= 11 is 0. The van der Waals surface area contributed by atoms with Gasteiger partial charge in [-0.2, -0.15) is 0 Å². The van der Waals surface area contributed by atoms with Crippen LogP contribution in [-0.2, 0) is 20.6 Å². The normalized spacial score (nSPS) is 14.9. The highest BCUT2D eigenvalue weighted by molar-refractivity contribution is 6.03. The lowest BCUT2D eigenvalue weighted by molar-refractivity contribution is 0.0144. The molecular weight excluding hydrogens is 388 g/mol. The molecule has 1 aliphatic rings. The summed E-state index contributed by atoms with van der Waals surface area (Å²) in [6.45, 7) is 9.38. The molecule has 8 heteroatoms. The van der Waals surface area contributed by atoms with E-state index in [0.717, 1.165) is 38.0 Å². The van der Waals surface area contributed by atoms with Crippen LogP contribution in [0.1, 0.15) is 53.5 Å². The molecule has 2 rings (SSSR count). The van der Waals surface area contributed by atoms with Crippen molar-refractivity contribution in [2.24, 2.45) is 0 Å². The van der Waals surface area contributed by atoms with Crippen molar-refractivity contribution >= 4 is 18.0 Å². The van der Waals surface area contributed by atoms with E-state index in [-0.39, 0.29) is 17.2 Å². The number of piperazine rings is 1. The third kappa shape index (κ3) is 6.73. The second kappa shape index (κ2) is 10.4. The van der Waals surface area contributed by atoms with Crippen LogP contribution in [0.15, 0.2) is 18.2 Å². The number of hydrogen-bond donors (Lipinski definition) is 0. The molecule has 0 bridgehead atoms. The van der Waals surface area contributed by atoms with Crippen LogP contribution in [0, 0.1) is 0 Å². The molecular formula is C22H32N2O6. The summed E-state index contributed by atoms with van der Waals surface area (Å²) < 4.78 is 14.9. The van der Waals surface area contributed by atoms with E-state index in [1.54, 1.807) is 17.0 Å². The molecule has 8 nitrogen and oxygen atoms in total. The average molecular weight is 421 g/mol. The van der Waals surface area contributed by atoms with Crippen LogP contribution >= 0.6 is 0 Å². The number of aryl methyl sites for hydroxylation is 1. The van der Waals surface area contributed by atoms with E-state index in [2.05, 4.69) is 4.90 Å². The van der Waals surface area contributed by atoms with Gasteiger partial charge in [0.25, 0.3) is 0 Å². The number of benzene rings is 1. The molecule has 1 aromatic rings. The Morgan fingerprint density at radius 1 is 0.933 bits per heavy atom. The summed E-state index contributed by atoms with van der Waals surface area (Å²) in [5, 5.41) is 0. The number of methoxy groups -OCH3 is 2. The first-order valence-corrected chi connectivity index (χ1v) is 10.1. The van der Waals surface area contributed by atoms with E-state index in [1.807, 2.05) is 26.8 Å². The lowest BCUT2D eigenvalue weighted by Crippen LogP contribution is -2.50. The molecule has 1 heterocycles. The molecule has 1 fully saturated rings. The zero-order valence-corrected chi connectivity index (χ0v) is 18.5. The lowest BCUT2D eigenvalue weighted by Gasteiger charge is -2.35. The molecule has 1 aromatic carbocycles. The van der Waals surface area contributed by atoms with Crippen molar-refractivity contribution in [3.05, 3.63) is 34.9 Å². The van der Waals surface area contributed by atoms with Crippen LogP contribution in [-0.4, -0.2) is 80.4 Å². The van der Waals surface area contributed by atoms with Crippen LogP contribution in [0.4, 0.5) is 4.79 Å². The molecule has 0 unspecified atom stereocenters. The molecule has 1 saturated heterocycles. The van der Waals surface area contributed by atoms with Gasteiger partial charge in [0, 0.05) is 26.2 Å². The molecule has 166 valence electrons. The van der Waals surface area contributed by atoms with Gasteiger partial charge >= 0.3 is 18.0 Å². The van der Waals surface area contributed by atoms with Gasteiger partial charge in [-0.3, -0.25) is 4.90 Å². The Kier molecular flexibility index (Phi) is 8.23. The van der Waals surface area contributed by atoms with Crippen LogP contribution in [0.25, 0.3) is 0 Å². The topological polar surface area (TPSA) is 85.4 Å². The number of ether oxygens (including phenoxy) is 3. The van der Waals surface area contributed by atoms with Gasteiger partial charge in [0.1, 0.15) is 5.60 Å². The van der Waals surface area contributed by atoms with Gasteiger partial charge < -0.3 is 19.1 Å². The molecule has 30 heavy (non-hydrogen) atoms. The summed E-state index contributed by atoms with van der Waals surface area (Å²) in [6.07, 6.45) is 1.39. The number of carbonyl (C=O) groups is 3. The van der Waals surface area contributed by atoms with Gasteiger partial charge in [-0.15, -0.1) is 0 Å². The largest absolute Gasteiger partial charge is 0.465 e. The predicted molar refractivity (Wildman–Crippen MR) is 112 cm³/mol.